The molecule has 3 aromatic rings. The second-order valence-electron chi connectivity index (χ2n) is 4.69. The van der Waals surface area contributed by atoms with Gasteiger partial charge in [0.1, 0.15) is 0 Å². The zero-order valence-corrected chi connectivity index (χ0v) is 13.7. The molecular formula is C13H12N8O3S. The fourth-order valence-corrected chi connectivity index (χ4v) is 2.51. The van der Waals surface area contributed by atoms with Gasteiger partial charge >= 0.3 is 0 Å². The van der Waals surface area contributed by atoms with Crippen molar-refractivity contribution in [1.82, 2.24) is 30.5 Å². The van der Waals surface area contributed by atoms with Gasteiger partial charge in [0.05, 0.1) is 11.4 Å². The number of nitrogens with one attached hydrogen (secondary N) is 2. The van der Waals surface area contributed by atoms with Gasteiger partial charge in [-0.3, -0.25) is 9.59 Å². The van der Waals surface area contributed by atoms with Crippen LogP contribution in [0.1, 0.15) is 6.92 Å². The van der Waals surface area contributed by atoms with Crippen LogP contribution in [0, 0.1) is 0 Å². The molecule has 0 bridgehead atoms. The number of amides is 2. The number of hydrogen-bond acceptors (Lipinski definition) is 9. The minimum Gasteiger partial charge on any atom is -0.305 e. The van der Waals surface area contributed by atoms with Crippen LogP contribution in [-0.2, 0) is 9.59 Å². The number of benzene rings is 1. The zero-order chi connectivity index (χ0) is 17.6. The van der Waals surface area contributed by atoms with Gasteiger partial charge in [-0.1, -0.05) is 30.0 Å². The van der Waals surface area contributed by atoms with E-state index in [9.17, 15) is 9.59 Å². The van der Waals surface area contributed by atoms with Gasteiger partial charge < -0.3 is 10.6 Å². The Morgan fingerprint density at radius 2 is 1.88 bits per heavy atom. The van der Waals surface area contributed by atoms with Crippen LogP contribution in [-0.4, -0.2) is 48.1 Å². The first-order chi connectivity index (χ1) is 12.1. The number of tetrazole rings is 1. The molecular weight excluding hydrogens is 348 g/mol. The number of anilines is 2. The minimum atomic E-state index is -0.380. The summed E-state index contributed by atoms with van der Waals surface area (Å²) in [5, 5.41) is 23.8. The molecule has 11 nitrogen and oxygen atoms in total. The Kier molecular flexibility index (Phi) is 4.99. The molecule has 0 fully saturated rings. The van der Waals surface area contributed by atoms with Gasteiger partial charge in [-0.25, -0.2) is 4.63 Å². The molecule has 128 valence electrons. The monoisotopic (exact) mass is 360 g/mol. The van der Waals surface area contributed by atoms with Gasteiger partial charge in [0.25, 0.3) is 0 Å². The van der Waals surface area contributed by atoms with Crippen molar-refractivity contribution < 1.29 is 14.2 Å². The zero-order valence-electron chi connectivity index (χ0n) is 12.9. The van der Waals surface area contributed by atoms with Crippen LogP contribution in [0.4, 0.5) is 11.6 Å². The molecule has 25 heavy (non-hydrogen) atoms. The van der Waals surface area contributed by atoms with Crippen LogP contribution >= 0.6 is 11.8 Å². The number of hydrogen-bond donors (Lipinski definition) is 2. The fourth-order valence-electron chi connectivity index (χ4n) is 1.82. The van der Waals surface area contributed by atoms with Crippen molar-refractivity contribution in [2.24, 2.45) is 0 Å². The predicted molar refractivity (Wildman–Crippen MR) is 87.1 cm³/mol. The van der Waals surface area contributed by atoms with E-state index in [0.717, 1.165) is 17.4 Å². The molecule has 12 heteroatoms. The van der Waals surface area contributed by atoms with Crippen molar-refractivity contribution in [3.63, 3.8) is 0 Å². The van der Waals surface area contributed by atoms with Crippen molar-refractivity contribution in [2.75, 3.05) is 16.4 Å². The largest absolute Gasteiger partial charge is 0.305 e. The number of aromatic nitrogens is 6. The maximum Gasteiger partial charge on any atom is 0.236 e. The van der Waals surface area contributed by atoms with E-state index in [0.29, 0.717) is 5.16 Å². The Labute approximate surface area is 145 Å². The van der Waals surface area contributed by atoms with E-state index in [-0.39, 0.29) is 29.2 Å². The Hall–Kier alpha value is -3.28. The third-order valence-electron chi connectivity index (χ3n) is 2.81. The van der Waals surface area contributed by atoms with Crippen molar-refractivity contribution in [2.45, 2.75) is 12.1 Å². The molecule has 2 aromatic heterocycles. The molecule has 2 N–H and O–H groups in total. The van der Waals surface area contributed by atoms with Crippen LogP contribution in [0.3, 0.4) is 0 Å². The standard InChI is InChI=1S/C13H12N8O3S/c1-8(22)14-11-12(18-24-17-11)15-10(23)7-25-13-16-19-20-21(13)9-5-3-2-4-6-9/h2-6H,7H2,1H3,(H,14,17,22)(H,15,18,23). The molecule has 0 aliphatic rings. The first-order valence-electron chi connectivity index (χ1n) is 7.00. The lowest BCUT2D eigenvalue weighted by atomic mass is 10.3. The first-order valence-corrected chi connectivity index (χ1v) is 7.98. The molecule has 3 rings (SSSR count). The summed E-state index contributed by atoms with van der Waals surface area (Å²) < 4.78 is 6.03. The molecule has 0 unspecified atom stereocenters. The van der Waals surface area contributed by atoms with E-state index < -0.39 is 0 Å². The van der Waals surface area contributed by atoms with Crippen molar-refractivity contribution in [1.29, 1.82) is 0 Å². The number of para-hydroxylation sites is 1. The van der Waals surface area contributed by atoms with E-state index in [2.05, 4.69) is 41.1 Å². The highest BCUT2D eigenvalue weighted by atomic mass is 32.2. The van der Waals surface area contributed by atoms with Crippen LogP contribution < -0.4 is 10.6 Å². The van der Waals surface area contributed by atoms with E-state index in [1.165, 1.54) is 11.6 Å². The van der Waals surface area contributed by atoms with Gasteiger partial charge in [0.15, 0.2) is 0 Å². The van der Waals surface area contributed by atoms with E-state index in [4.69, 9.17) is 0 Å². The van der Waals surface area contributed by atoms with Crippen molar-refractivity contribution in [3.05, 3.63) is 30.3 Å². The summed E-state index contributed by atoms with van der Waals surface area (Å²) in [6, 6.07) is 9.30. The van der Waals surface area contributed by atoms with Gasteiger partial charge in [0, 0.05) is 6.92 Å². The Morgan fingerprint density at radius 1 is 1.16 bits per heavy atom. The molecule has 0 radical (unpaired) electrons. The van der Waals surface area contributed by atoms with Crippen molar-refractivity contribution in [3.8, 4) is 5.69 Å². The van der Waals surface area contributed by atoms with Crippen LogP contribution in [0.25, 0.3) is 5.69 Å². The van der Waals surface area contributed by atoms with Crippen LogP contribution in [0.15, 0.2) is 40.1 Å². The summed E-state index contributed by atoms with van der Waals surface area (Å²) in [7, 11) is 0. The lowest BCUT2D eigenvalue weighted by Gasteiger charge is -2.04. The molecule has 0 aliphatic carbocycles. The summed E-state index contributed by atoms with van der Waals surface area (Å²) in [4.78, 5) is 23.1. The second-order valence-corrected chi connectivity index (χ2v) is 5.63. The molecule has 0 spiro atoms. The summed E-state index contributed by atoms with van der Waals surface area (Å²) in [5.74, 6) is -0.638. The van der Waals surface area contributed by atoms with Crippen LogP contribution in [0.5, 0.6) is 0 Å². The fraction of sp³-hybridized carbons (Fsp3) is 0.154. The number of carbonyl (C=O) groups excluding carboxylic acids is 2. The minimum absolute atomic E-state index is 0.0274. The normalized spacial score (nSPS) is 10.4. The SMILES string of the molecule is CC(=O)Nc1nonc1NC(=O)CSc1nnnn1-c1ccccc1. The highest BCUT2D eigenvalue weighted by Crippen LogP contribution is 2.19. The lowest BCUT2D eigenvalue weighted by molar-refractivity contribution is -0.115. The Bertz CT molecular complexity index is 878. The molecule has 2 amide bonds. The highest BCUT2D eigenvalue weighted by molar-refractivity contribution is 7.99. The quantitative estimate of drug-likeness (QED) is 0.609. The maximum absolute atomic E-state index is 12.1. The summed E-state index contributed by atoms with van der Waals surface area (Å²) in [6.45, 7) is 1.31. The Balaban J connectivity index is 1.62. The van der Waals surface area contributed by atoms with Gasteiger partial charge in [-0.15, -0.1) is 5.10 Å². The maximum atomic E-state index is 12.1. The van der Waals surface area contributed by atoms with E-state index in [1.54, 1.807) is 0 Å². The van der Waals surface area contributed by atoms with E-state index >= 15 is 0 Å². The molecule has 1 aromatic carbocycles. The smallest absolute Gasteiger partial charge is 0.236 e. The Morgan fingerprint density at radius 3 is 2.60 bits per heavy atom. The number of carbonyl (C=O) groups is 2. The first kappa shape index (κ1) is 16.6. The van der Waals surface area contributed by atoms with Gasteiger partial charge in [-0.05, 0) is 32.9 Å². The molecule has 0 saturated carbocycles. The number of rotatable bonds is 6. The average molecular weight is 360 g/mol. The highest BCUT2D eigenvalue weighted by Gasteiger charge is 2.16. The van der Waals surface area contributed by atoms with Crippen LogP contribution in [0.2, 0.25) is 0 Å². The predicted octanol–water partition coefficient (Wildman–Crippen LogP) is 0.734. The van der Waals surface area contributed by atoms with Gasteiger partial charge in [-0.2, -0.15) is 4.68 Å². The third kappa shape index (κ3) is 4.17. The topological polar surface area (TPSA) is 141 Å². The third-order valence-corrected chi connectivity index (χ3v) is 3.73. The molecule has 2 heterocycles. The van der Waals surface area contributed by atoms with Gasteiger partial charge in [0.2, 0.25) is 28.6 Å². The molecule has 0 atom stereocenters. The second kappa shape index (κ2) is 7.53. The summed E-state index contributed by atoms with van der Waals surface area (Å²) >= 11 is 1.15. The molecule has 0 saturated heterocycles. The summed E-state index contributed by atoms with van der Waals surface area (Å²) in [6.07, 6.45) is 0. The van der Waals surface area contributed by atoms with E-state index in [1.807, 2.05) is 30.3 Å². The number of nitrogens with zero attached hydrogens (tertiary/aromatic N) is 6. The lowest BCUT2D eigenvalue weighted by Crippen LogP contribution is -2.17. The summed E-state index contributed by atoms with van der Waals surface area (Å²) in [5.41, 5.74) is 0.782. The number of thioether (sulfide) groups is 1. The van der Waals surface area contributed by atoms with Crippen molar-refractivity contribution >= 4 is 35.2 Å². The average Bonchev–Trinajstić information content (AvgIpc) is 3.23. The molecule has 0 aliphatic heterocycles.